The minimum absolute atomic E-state index is 0.293. The number of nitrogens with two attached hydrogens (primary N) is 1. The highest BCUT2D eigenvalue weighted by atomic mass is 19.1. The first-order valence-corrected chi connectivity index (χ1v) is 8.27. The highest BCUT2D eigenvalue weighted by Gasteiger charge is 2.54. The van der Waals surface area contributed by atoms with Crippen molar-refractivity contribution in [3.8, 4) is 0 Å². The Morgan fingerprint density at radius 2 is 2.00 bits per heavy atom. The molecule has 1 saturated heterocycles. The molecular formula is C17H17FN6O3. The molecule has 2 atom stereocenters. The van der Waals surface area contributed by atoms with E-state index in [2.05, 4.69) is 4.99 Å². The lowest BCUT2D eigenvalue weighted by atomic mass is 10.1. The average Bonchev–Trinajstić information content (AvgIpc) is 3.12. The highest BCUT2D eigenvalue weighted by Crippen LogP contribution is 2.37. The number of likely N-dealkylation sites (N-methyl/N-ethyl adjacent to an activating group) is 1. The van der Waals surface area contributed by atoms with E-state index in [4.69, 9.17) is 5.73 Å². The summed E-state index contributed by atoms with van der Waals surface area (Å²) in [6.45, 7) is 1.26. The number of fused-ring (bicyclic) bond motifs is 3. The molecule has 9 nitrogen and oxygen atoms in total. The molecule has 2 unspecified atom stereocenters. The normalized spacial score (nSPS) is 24.1. The Hall–Kier alpha value is -3.43. The molecule has 0 aromatic heterocycles. The van der Waals surface area contributed by atoms with Crippen LogP contribution >= 0.6 is 0 Å². The fourth-order valence-corrected chi connectivity index (χ4v) is 3.59. The third-order valence-corrected chi connectivity index (χ3v) is 4.80. The molecule has 27 heavy (non-hydrogen) atoms. The Kier molecular flexibility index (Phi) is 3.65. The zero-order valence-electron chi connectivity index (χ0n) is 14.7. The summed E-state index contributed by atoms with van der Waals surface area (Å²) in [5.74, 6) is -1.44. The van der Waals surface area contributed by atoms with Crippen molar-refractivity contribution in [2.75, 3.05) is 18.5 Å². The second kappa shape index (κ2) is 5.79. The monoisotopic (exact) mass is 372 g/mol. The largest absolute Gasteiger partial charge is 0.368 e. The number of carbonyl (C=O) groups excluding carboxylic acids is 3. The number of nitrogens with zero attached hydrogens (tertiary/aromatic N) is 5. The van der Waals surface area contributed by atoms with Crippen molar-refractivity contribution in [1.29, 1.82) is 0 Å². The number of guanidine groups is 1. The van der Waals surface area contributed by atoms with E-state index in [9.17, 15) is 18.8 Å². The summed E-state index contributed by atoms with van der Waals surface area (Å²) in [6.07, 6.45) is 0.905. The first-order chi connectivity index (χ1) is 12.8. The Bertz CT molecular complexity index is 929. The van der Waals surface area contributed by atoms with E-state index in [0.29, 0.717) is 17.3 Å². The van der Waals surface area contributed by atoms with Gasteiger partial charge in [0.15, 0.2) is 12.2 Å². The maximum Gasteiger partial charge on any atom is 0.328 e. The van der Waals surface area contributed by atoms with Crippen molar-refractivity contribution in [3.05, 3.63) is 42.0 Å². The molecule has 0 bridgehead atoms. The van der Waals surface area contributed by atoms with Crippen molar-refractivity contribution < 1.29 is 18.8 Å². The number of aliphatic imine (C=N–C) groups is 1. The number of imide groups is 1. The molecule has 4 rings (SSSR count). The van der Waals surface area contributed by atoms with Crippen LogP contribution in [0, 0.1) is 5.82 Å². The summed E-state index contributed by atoms with van der Waals surface area (Å²) in [7, 11) is 1.50. The van der Waals surface area contributed by atoms with Crippen molar-refractivity contribution in [3.63, 3.8) is 0 Å². The Morgan fingerprint density at radius 1 is 1.30 bits per heavy atom. The van der Waals surface area contributed by atoms with E-state index in [-0.39, 0.29) is 0 Å². The lowest BCUT2D eigenvalue weighted by Crippen LogP contribution is -2.65. The summed E-state index contributed by atoms with van der Waals surface area (Å²) >= 11 is 0. The number of halogens is 1. The summed E-state index contributed by atoms with van der Waals surface area (Å²) in [6, 6.07) is 4.74. The number of urea groups is 1. The number of primary amides is 1. The van der Waals surface area contributed by atoms with Crippen molar-refractivity contribution in [2.45, 2.75) is 19.1 Å². The number of hydrogen-bond acceptors (Lipinski definition) is 6. The van der Waals surface area contributed by atoms with Gasteiger partial charge >= 0.3 is 6.03 Å². The van der Waals surface area contributed by atoms with Crippen LogP contribution in [-0.4, -0.2) is 64.3 Å². The van der Waals surface area contributed by atoms with Crippen LogP contribution in [0.15, 0.2) is 41.2 Å². The van der Waals surface area contributed by atoms with Crippen LogP contribution in [0.5, 0.6) is 0 Å². The molecule has 2 N–H and O–H groups in total. The van der Waals surface area contributed by atoms with E-state index >= 15 is 0 Å². The molecule has 1 aromatic carbocycles. The molecule has 10 heteroatoms. The zero-order chi connectivity index (χ0) is 19.5. The number of allylic oxidation sites excluding steroid dienone is 1. The van der Waals surface area contributed by atoms with Crippen molar-refractivity contribution in [2.24, 2.45) is 10.7 Å². The lowest BCUT2D eigenvalue weighted by molar-refractivity contribution is -0.139. The molecule has 0 radical (unpaired) electrons. The summed E-state index contributed by atoms with van der Waals surface area (Å²) in [4.78, 5) is 46.4. The zero-order valence-corrected chi connectivity index (χ0v) is 14.7. The minimum atomic E-state index is -0.839. The van der Waals surface area contributed by atoms with Gasteiger partial charge in [0.2, 0.25) is 11.9 Å². The topological polar surface area (TPSA) is 103 Å². The number of anilines is 1. The van der Waals surface area contributed by atoms with Gasteiger partial charge in [0.1, 0.15) is 12.4 Å². The van der Waals surface area contributed by atoms with Gasteiger partial charge in [-0.05, 0) is 19.1 Å². The van der Waals surface area contributed by atoms with Gasteiger partial charge in [-0.25, -0.2) is 14.2 Å². The predicted octanol–water partition coefficient (Wildman–Crippen LogP) is 0.253. The molecule has 0 spiro atoms. The van der Waals surface area contributed by atoms with Gasteiger partial charge in [-0.15, -0.1) is 0 Å². The van der Waals surface area contributed by atoms with Crippen LogP contribution in [0.3, 0.4) is 0 Å². The van der Waals surface area contributed by atoms with E-state index in [1.165, 1.54) is 18.0 Å². The number of rotatable bonds is 3. The average molecular weight is 372 g/mol. The first kappa shape index (κ1) is 17.0. The molecule has 3 aliphatic rings. The van der Waals surface area contributed by atoms with Gasteiger partial charge in [-0.3, -0.25) is 19.4 Å². The first-order valence-electron chi connectivity index (χ1n) is 8.27. The van der Waals surface area contributed by atoms with Gasteiger partial charge in [0.05, 0.1) is 5.69 Å². The Labute approximate surface area is 154 Å². The molecule has 140 valence electrons. The molecule has 3 aliphatic heterocycles. The van der Waals surface area contributed by atoms with Gasteiger partial charge in [-0.1, -0.05) is 12.1 Å². The van der Waals surface area contributed by atoms with Crippen LogP contribution in [0.25, 0.3) is 0 Å². The third kappa shape index (κ3) is 2.36. The fraction of sp³-hybridized carbons (Fsp3) is 0.294. The molecule has 0 aliphatic carbocycles. The molecule has 1 fully saturated rings. The van der Waals surface area contributed by atoms with Gasteiger partial charge < -0.3 is 15.5 Å². The summed E-state index contributed by atoms with van der Waals surface area (Å²) in [5, 5.41) is 0. The Balaban J connectivity index is 1.74. The quantitative estimate of drug-likeness (QED) is 0.820. The molecular weight excluding hydrogens is 355 g/mol. The van der Waals surface area contributed by atoms with Crippen molar-refractivity contribution >= 4 is 29.5 Å². The van der Waals surface area contributed by atoms with Gasteiger partial charge in [0, 0.05) is 18.9 Å². The van der Waals surface area contributed by atoms with Gasteiger partial charge in [0.25, 0.3) is 5.91 Å². The maximum atomic E-state index is 14.3. The second-order valence-electron chi connectivity index (χ2n) is 6.54. The maximum absolute atomic E-state index is 14.3. The van der Waals surface area contributed by atoms with Crippen molar-refractivity contribution in [1.82, 2.24) is 14.7 Å². The van der Waals surface area contributed by atoms with Crippen LogP contribution in [0.1, 0.15) is 6.92 Å². The number of amides is 4. The van der Waals surface area contributed by atoms with E-state index in [1.54, 1.807) is 41.1 Å². The summed E-state index contributed by atoms with van der Waals surface area (Å²) < 4.78 is 14.3. The molecule has 1 aromatic rings. The lowest BCUT2D eigenvalue weighted by Gasteiger charge is -2.39. The Morgan fingerprint density at radius 3 is 2.67 bits per heavy atom. The van der Waals surface area contributed by atoms with Crippen LogP contribution in [-0.2, 0) is 9.59 Å². The number of carbonyl (C=O) groups is 3. The highest BCUT2D eigenvalue weighted by molar-refractivity contribution is 6.10. The molecule has 0 saturated carbocycles. The summed E-state index contributed by atoms with van der Waals surface area (Å²) in [5.41, 5.74) is 6.13. The van der Waals surface area contributed by atoms with Gasteiger partial charge in [-0.2, -0.15) is 0 Å². The third-order valence-electron chi connectivity index (χ3n) is 4.80. The number of para-hydroxylation sites is 1. The van der Waals surface area contributed by atoms with Crippen LogP contribution in [0.2, 0.25) is 0 Å². The van der Waals surface area contributed by atoms with E-state index < -0.39 is 42.4 Å². The second-order valence-corrected chi connectivity index (χ2v) is 6.54. The minimum Gasteiger partial charge on any atom is -0.368 e. The number of benzene rings is 1. The van der Waals surface area contributed by atoms with Crippen LogP contribution < -0.4 is 10.6 Å². The van der Waals surface area contributed by atoms with Crippen LogP contribution in [0.4, 0.5) is 14.9 Å². The predicted molar refractivity (Wildman–Crippen MR) is 93.6 cm³/mol. The SMILES string of the molecule is CC1=CN2C(=NC3C2C(=O)N(CC(N)=O)C(=O)N3C)N1c1ccccc1F. The smallest absolute Gasteiger partial charge is 0.328 e. The molecule has 3 heterocycles. The fourth-order valence-electron chi connectivity index (χ4n) is 3.59. The van der Waals surface area contributed by atoms with E-state index in [0.717, 1.165) is 4.90 Å². The molecule has 4 amide bonds. The van der Waals surface area contributed by atoms with E-state index in [1.807, 2.05) is 0 Å². The number of hydrogen-bond donors (Lipinski definition) is 1. The standard InChI is InChI=1S/C17H17FN6O3/c1-9-7-22-13-14(21(2)17(27)23(15(13)26)8-12(19)25)20-16(22)24(9)11-6-4-3-5-10(11)18/h3-7,13-14H,8H2,1-2H3,(H2,19,25).